The highest BCUT2D eigenvalue weighted by atomic mass is 16.4. The molecule has 0 radical (unpaired) electrons. The first-order valence-corrected chi connectivity index (χ1v) is 9.62. The lowest BCUT2D eigenvalue weighted by Crippen LogP contribution is -2.20. The van der Waals surface area contributed by atoms with Crippen LogP contribution in [-0.2, 0) is 4.79 Å². The number of carbonyl (C=O) groups is 1. The van der Waals surface area contributed by atoms with Crippen LogP contribution in [0, 0.1) is 0 Å². The fourth-order valence-electron chi connectivity index (χ4n) is 2.75. The molecule has 0 aliphatic rings. The van der Waals surface area contributed by atoms with Crippen molar-refractivity contribution in [2.45, 2.75) is 110 Å². The number of rotatable bonds is 17. The van der Waals surface area contributed by atoms with E-state index >= 15 is 0 Å². The second-order valence-electron chi connectivity index (χ2n) is 6.43. The molecule has 0 aliphatic heterocycles. The first kappa shape index (κ1) is 21.2. The van der Waals surface area contributed by atoms with E-state index in [1.165, 1.54) is 89.9 Å². The molecular formula is C20H37O2-. The lowest BCUT2D eigenvalue weighted by Gasteiger charge is -2.02. The lowest BCUT2D eigenvalue weighted by atomic mass is 10.0. The number of hydrogen-bond donors (Lipinski definition) is 0. The minimum Gasteiger partial charge on any atom is -0.550 e. The Morgan fingerprint density at radius 3 is 1.50 bits per heavy atom. The highest BCUT2D eigenvalue weighted by Gasteiger charge is 1.93. The van der Waals surface area contributed by atoms with Crippen LogP contribution in [0.3, 0.4) is 0 Å². The number of carboxylic acids is 1. The summed E-state index contributed by atoms with van der Waals surface area (Å²) in [5, 5.41) is 10.2. The Hall–Kier alpha value is -0.790. The quantitative estimate of drug-likeness (QED) is 0.261. The van der Waals surface area contributed by atoms with Gasteiger partial charge in [-0.05, 0) is 12.8 Å². The minimum absolute atomic E-state index is 0.0542. The van der Waals surface area contributed by atoms with E-state index in [0.29, 0.717) is 0 Å². The van der Waals surface area contributed by atoms with Gasteiger partial charge in [-0.3, -0.25) is 0 Å². The predicted octanol–water partition coefficient (Wildman–Crippen LogP) is 5.55. The molecule has 0 fully saturated rings. The van der Waals surface area contributed by atoms with Gasteiger partial charge in [0.25, 0.3) is 0 Å². The molecule has 0 heterocycles. The first-order valence-electron chi connectivity index (χ1n) is 9.62. The molecule has 0 atom stereocenters. The van der Waals surface area contributed by atoms with Gasteiger partial charge in [0.2, 0.25) is 0 Å². The third kappa shape index (κ3) is 19.2. The summed E-state index contributed by atoms with van der Waals surface area (Å²) < 4.78 is 0. The van der Waals surface area contributed by atoms with E-state index in [1.54, 1.807) is 6.08 Å². The summed E-state index contributed by atoms with van der Waals surface area (Å²) in [6.45, 7) is 2.27. The molecule has 2 nitrogen and oxygen atoms in total. The van der Waals surface area contributed by atoms with Gasteiger partial charge in [-0.25, -0.2) is 0 Å². The SMILES string of the molecule is CCCCCCCCCCCCCCCC/C=C/CC(=O)[O-]. The van der Waals surface area contributed by atoms with Crippen molar-refractivity contribution in [2.24, 2.45) is 0 Å². The Kier molecular flexibility index (Phi) is 17.6. The van der Waals surface area contributed by atoms with Crippen molar-refractivity contribution in [2.75, 3.05) is 0 Å². The molecule has 0 spiro atoms. The number of carbonyl (C=O) groups excluding carboxylic acids is 1. The molecule has 0 bridgehead atoms. The zero-order chi connectivity index (χ0) is 16.3. The van der Waals surface area contributed by atoms with Crippen molar-refractivity contribution in [3.63, 3.8) is 0 Å². The normalized spacial score (nSPS) is 11.3. The zero-order valence-corrected chi connectivity index (χ0v) is 14.8. The van der Waals surface area contributed by atoms with Crippen LogP contribution in [0.5, 0.6) is 0 Å². The lowest BCUT2D eigenvalue weighted by molar-refractivity contribution is -0.304. The van der Waals surface area contributed by atoms with Crippen LogP contribution in [-0.4, -0.2) is 5.97 Å². The average Bonchev–Trinajstić information content (AvgIpc) is 2.50. The first-order chi connectivity index (χ1) is 10.8. The van der Waals surface area contributed by atoms with Crippen molar-refractivity contribution in [1.29, 1.82) is 0 Å². The molecule has 0 aliphatic carbocycles. The molecule has 0 saturated carbocycles. The Labute approximate surface area is 138 Å². The van der Waals surface area contributed by atoms with Crippen LogP contribution in [0.1, 0.15) is 110 Å². The van der Waals surface area contributed by atoms with E-state index in [1.807, 2.05) is 6.08 Å². The van der Waals surface area contributed by atoms with Gasteiger partial charge in [-0.2, -0.15) is 0 Å². The van der Waals surface area contributed by atoms with E-state index in [9.17, 15) is 9.90 Å². The molecule has 0 aromatic heterocycles. The van der Waals surface area contributed by atoms with Crippen LogP contribution < -0.4 is 5.11 Å². The summed E-state index contributed by atoms with van der Waals surface area (Å²) >= 11 is 0. The van der Waals surface area contributed by atoms with Gasteiger partial charge in [0.1, 0.15) is 0 Å². The third-order valence-electron chi connectivity index (χ3n) is 4.18. The number of aliphatic carboxylic acids is 1. The highest BCUT2D eigenvalue weighted by molar-refractivity contribution is 5.66. The second-order valence-corrected chi connectivity index (χ2v) is 6.43. The molecule has 22 heavy (non-hydrogen) atoms. The van der Waals surface area contributed by atoms with Gasteiger partial charge < -0.3 is 9.90 Å². The zero-order valence-electron chi connectivity index (χ0n) is 14.8. The number of carboxylic acid groups (broad SMARTS) is 1. The maximum atomic E-state index is 10.2. The molecule has 0 unspecified atom stereocenters. The van der Waals surface area contributed by atoms with Crippen molar-refractivity contribution >= 4 is 5.97 Å². The van der Waals surface area contributed by atoms with E-state index in [0.717, 1.165) is 6.42 Å². The van der Waals surface area contributed by atoms with Gasteiger partial charge >= 0.3 is 0 Å². The highest BCUT2D eigenvalue weighted by Crippen LogP contribution is 2.13. The summed E-state index contributed by atoms with van der Waals surface area (Å²) in [5.74, 6) is -0.989. The summed E-state index contributed by atoms with van der Waals surface area (Å²) in [4.78, 5) is 10.2. The molecule has 0 aromatic carbocycles. The minimum atomic E-state index is -0.989. The van der Waals surface area contributed by atoms with Crippen molar-refractivity contribution < 1.29 is 9.90 Å². The maximum Gasteiger partial charge on any atom is 0.0452 e. The van der Waals surface area contributed by atoms with E-state index in [2.05, 4.69) is 6.92 Å². The molecule has 2 heteroatoms. The Morgan fingerprint density at radius 2 is 1.09 bits per heavy atom. The second kappa shape index (κ2) is 18.3. The Bertz CT molecular complexity index is 258. The smallest absolute Gasteiger partial charge is 0.0452 e. The molecular weight excluding hydrogens is 272 g/mol. The fraction of sp³-hybridized carbons (Fsp3) is 0.850. The van der Waals surface area contributed by atoms with Crippen molar-refractivity contribution in [3.05, 3.63) is 12.2 Å². The summed E-state index contributed by atoms with van der Waals surface area (Å²) in [7, 11) is 0. The summed E-state index contributed by atoms with van der Waals surface area (Å²) in [6, 6.07) is 0. The topological polar surface area (TPSA) is 40.1 Å². The fourth-order valence-corrected chi connectivity index (χ4v) is 2.75. The van der Waals surface area contributed by atoms with Gasteiger partial charge in [0.15, 0.2) is 0 Å². The molecule has 130 valence electrons. The molecule has 0 N–H and O–H groups in total. The number of hydrogen-bond acceptors (Lipinski definition) is 2. The van der Waals surface area contributed by atoms with Gasteiger partial charge in [0.05, 0.1) is 0 Å². The van der Waals surface area contributed by atoms with E-state index in [4.69, 9.17) is 0 Å². The molecule has 0 rings (SSSR count). The summed E-state index contributed by atoms with van der Waals surface area (Å²) in [6.07, 6.45) is 24.0. The monoisotopic (exact) mass is 309 g/mol. The molecule has 0 amide bonds. The van der Waals surface area contributed by atoms with Gasteiger partial charge in [-0.1, -0.05) is 103 Å². The number of unbranched alkanes of at least 4 members (excludes halogenated alkanes) is 14. The van der Waals surface area contributed by atoms with Gasteiger partial charge in [-0.15, -0.1) is 0 Å². The van der Waals surface area contributed by atoms with Crippen LogP contribution in [0.4, 0.5) is 0 Å². The van der Waals surface area contributed by atoms with Crippen LogP contribution in [0.25, 0.3) is 0 Å². The molecule has 0 saturated heterocycles. The van der Waals surface area contributed by atoms with E-state index in [-0.39, 0.29) is 6.42 Å². The average molecular weight is 310 g/mol. The molecule has 0 aromatic rings. The third-order valence-corrected chi connectivity index (χ3v) is 4.18. The van der Waals surface area contributed by atoms with Gasteiger partial charge in [0, 0.05) is 12.4 Å². The van der Waals surface area contributed by atoms with E-state index < -0.39 is 5.97 Å². The van der Waals surface area contributed by atoms with Crippen LogP contribution in [0.2, 0.25) is 0 Å². The standard InChI is InChI=1S/C20H38O2/c1-2-3-4-5-6-7-8-9-10-11-12-13-14-15-16-17-18-19-20(21)22/h17-18H,2-16,19H2,1H3,(H,21,22)/p-1/b18-17+. The predicted molar refractivity (Wildman–Crippen MR) is 93.7 cm³/mol. The Morgan fingerprint density at radius 1 is 0.682 bits per heavy atom. The van der Waals surface area contributed by atoms with Crippen LogP contribution >= 0.6 is 0 Å². The Balaban J connectivity index is 3.02. The van der Waals surface area contributed by atoms with Crippen molar-refractivity contribution in [3.8, 4) is 0 Å². The largest absolute Gasteiger partial charge is 0.550 e. The maximum absolute atomic E-state index is 10.2. The summed E-state index contributed by atoms with van der Waals surface area (Å²) in [5.41, 5.74) is 0. The van der Waals surface area contributed by atoms with Crippen molar-refractivity contribution in [1.82, 2.24) is 0 Å². The van der Waals surface area contributed by atoms with Crippen LogP contribution in [0.15, 0.2) is 12.2 Å². The number of allylic oxidation sites excluding steroid dienone is 1.